The quantitative estimate of drug-likeness (QED) is 0.786. The maximum absolute atomic E-state index is 12.6. The molecule has 0 bridgehead atoms. The summed E-state index contributed by atoms with van der Waals surface area (Å²) in [7, 11) is 0. The molecule has 1 aromatic carbocycles. The fourth-order valence-electron chi connectivity index (χ4n) is 2.19. The lowest BCUT2D eigenvalue weighted by molar-refractivity contribution is 0.0977. The van der Waals surface area contributed by atoms with E-state index in [1.165, 1.54) is 0 Å². The van der Waals surface area contributed by atoms with Crippen LogP contribution in [0.25, 0.3) is 0 Å². The zero-order valence-corrected chi connectivity index (χ0v) is 10.9. The highest BCUT2D eigenvalue weighted by molar-refractivity contribution is 6.04. The number of hydrogen-bond donors (Lipinski definition) is 0. The van der Waals surface area contributed by atoms with Crippen LogP contribution in [0.3, 0.4) is 0 Å². The molecule has 0 radical (unpaired) electrons. The molecule has 0 fully saturated rings. The van der Waals surface area contributed by atoms with Gasteiger partial charge in [-0.05, 0) is 42.7 Å². The third-order valence-corrected chi connectivity index (χ3v) is 3.16. The van der Waals surface area contributed by atoms with Crippen molar-refractivity contribution in [2.45, 2.75) is 19.8 Å². The predicted molar refractivity (Wildman–Crippen MR) is 72.8 cm³/mol. The van der Waals surface area contributed by atoms with Crippen LogP contribution >= 0.6 is 0 Å². The summed E-state index contributed by atoms with van der Waals surface area (Å²) in [5.74, 6) is -0.924. The maximum atomic E-state index is 12.6. The number of hydrogen-bond acceptors (Lipinski definition) is 3. The van der Waals surface area contributed by atoms with Crippen molar-refractivity contribution in [3.63, 3.8) is 0 Å². The fraction of sp³-hybridized carbons (Fsp3) is 0.188. The summed E-state index contributed by atoms with van der Waals surface area (Å²) in [4.78, 5) is 16.5. The van der Waals surface area contributed by atoms with Crippen LogP contribution in [-0.2, 0) is 0 Å². The molecule has 0 saturated heterocycles. The molecule has 1 heterocycles. The zero-order chi connectivity index (χ0) is 13.8. The first-order valence-corrected chi connectivity index (χ1v) is 6.05. The summed E-state index contributed by atoms with van der Waals surface area (Å²) in [5, 5.41) is 9.30. The number of ketones is 1. The molecule has 0 N–H and O–H groups in total. The van der Waals surface area contributed by atoms with Crippen LogP contribution in [0.4, 0.5) is 0 Å². The monoisotopic (exact) mass is 250 g/mol. The van der Waals surface area contributed by atoms with E-state index >= 15 is 0 Å². The number of benzene rings is 1. The Labute approximate surface area is 112 Å². The largest absolute Gasteiger partial charge is 0.292 e. The van der Waals surface area contributed by atoms with Crippen molar-refractivity contribution in [2.24, 2.45) is 0 Å². The molecule has 94 valence electrons. The Morgan fingerprint density at radius 3 is 2.26 bits per heavy atom. The molecular weight excluding hydrogens is 236 g/mol. The number of carbonyl (C=O) groups is 1. The van der Waals surface area contributed by atoms with Gasteiger partial charge in [-0.1, -0.05) is 18.2 Å². The maximum Gasteiger partial charge on any atom is 0.184 e. The lowest BCUT2D eigenvalue weighted by Gasteiger charge is -2.12. The summed E-state index contributed by atoms with van der Waals surface area (Å²) in [6.45, 7) is 3.78. The van der Waals surface area contributed by atoms with E-state index in [0.717, 1.165) is 11.1 Å². The number of Topliss-reactive ketones (excluding diaryl/α,β-unsaturated/α-hetero) is 1. The van der Waals surface area contributed by atoms with E-state index in [4.69, 9.17) is 0 Å². The minimum absolute atomic E-state index is 0.149. The van der Waals surface area contributed by atoms with Gasteiger partial charge >= 0.3 is 0 Å². The standard InChI is InChI=1S/C16H14N2O/c1-11-4-3-5-12(2)15(11)16(19)14(10-17)13-6-8-18-9-7-13/h3-9,14H,1-2H3. The highest BCUT2D eigenvalue weighted by atomic mass is 16.1. The molecule has 0 aliphatic heterocycles. The lowest BCUT2D eigenvalue weighted by atomic mass is 9.88. The SMILES string of the molecule is Cc1cccc(C)c1C(=O)C(C#N)c1ccncc1. The topological polar surface area (TPSA) is 53.8 Å². The van der Waals surface area contributed by atoms with E-state index in [9.17, 15) is 10.1 Å². The third-order valence-electron chi connectivity index (χ3n) is 3.16. The van der Waals surface area contributed by atoms with Gasteiger partial charge in [-0.2, -0.15) is 5.26 Å². The second-order valence-corrected chi connectivity index (χ2v) is 4.47. The van der Waals surface area contributed by atoms with E-state index in [2.05, 4.69) is 11.1 Å². The van der Waals surface area contributed by atoms with Crippen LogP contribution < -0.4 is 0 Å². The number of rotatable bonds is 3. The van der Waals surface area contributed by atoms with Crippen molar-refractivity contribution in [2.75, 3.05) is 0 Å². The van der Waals surface area contributed by atoms with Gasteiger partial charge in [-0.15, -0.1) is 0 Å². The predicted octanol–water partition coefficient (Wildman–Crippen LogP) is 3.19. The van der Waals surface area contributed by atoms with Gasteiger partial charge in [0.15, 0.2) is 5.78 Å². The Kier molecular flexibility index (Phi) is 3.72. The Bertz CT molecular complexity index is 621. The summed E-state index contributed by atoms with van der Waals surface area (Å²) in [6, 6.07) is 11.2. The van der Waals surface area contributed by atoms with E-state index < -0.39 is 5.92 Å². The van der Waals surface area contributed by atoms with Gasteiger partial charge in [0, 0.05) is 18.0 Å². The van der Waals surface area contributed by atoms with Crippen molar-refractivity contribution >= 4 is 5.78 Å². The average molecular weight is 250 g/mol. The number of nitriles is 1. The van der Waals surface area contributed by atoms with E-state index in [0.29, 0.717) is 11.1 Å². The first-order valence-electron chi connectivity index (χ1n) is 6.05. The van der Waals surface area contributed by atoms with Gasteiger partial charge in [-0.25, -0.2) is 0 Å². The Morgan fingerprint density at radius 1 is 1.16 bits per heavy atom. The van der Waals surface area contributed by atoms with Gasteiger partial charge in [-0.3, -0.25) is 9.78 Å². The van der Waals surface area contributed by atoms with Gasteiger partial charge in [0.2, 0.25) is 0 Å². The summed E-state index contributed by atoms with van der Waals surface area (Å²) in [5.41, 5.74) is 3.13. The van der Waals surface area contributed by atoms with Crippen LogP contribution in [-0.4, -0.2) is 10.8 Å². The number of aromatic nitrogens is 1. The molecule has 0 saturated carbocycles. The molecule has 0 aliphatic rings. The first-order chi connectivity index (χ1) is 9.15. The van der Waals surface area contributed by atoms with Crippen molar-refractivity contribution < 1.29 is 4.79 Å². The number of carbonyl (C=O) groups excluding carboxylic acids is 1. The van der Waals surface area contributed by atoms with Crippen LogP contribution in [0.2, 0.25) is 0 Å². The molecule has 0 amide bonds. The second-order valence-electron chi connectivity index (χ2n) is 4.47. The molecule has 2 aromatic rings. The van der Waals surface area contributed by atoms with Crippen LogP contribution in [0.5, 0.6) is 0 Å². The number of pyridine rings is 1. The first kappa shape index (κ1) is 13.0. The highest BCUT2D eigenvalue weighted by Gasteiger charge is 2.24. The van der Waals surface area contributed by atoms with E-state index in [1.807, 2.05) is 32.0 Å². The third kappa shape index (κ3) is 2.53. The molecule has 19 heavy (non-hydrogen) atoms. The van der Waals surface area contributed by atoms with E-state index in [1.54, 1.807) is 24.5 Å². The molecule has 0 spiro atoms. The molecule has 2 rings (SSSR count). The van der Waals surface area contributed by atoms with Gasteiger partial charge in [0.1, 0.15) is 5.92 Å². The minimum atomic E-state index is -0.775. The molecular formula is C16H14N2O. The summed E-state index contributed by atoms with van der Waals surface area (Å²) < 4.78 is 0. The molecule has 3 nitrogen and oxygen atoms in total. The fourth-order valence-corrected chi connectivity index (χ4v) is 2.19. The zero-order valence-electron chi connectivity index (χ0n) is 10.9. The normalized spacial score (nSPS) is 11.6. The lowest BCUT2D eigenvalue weighted by Crippen LogP contribution is -2.14. The highest BCUT2D eigenvalue weighted by Crippen LogP contribution is 2.24. The van der Waals surface area contributed by atoms with Crippen molar-refractivity contribution in [1.82, 2.24) is 4.98 Å². The Balaban J connectivity index is 2.46. The molecule has 3 heteroatoms. The van der Waals surface area contributed by atoms with Gasteiger partial charge < -0.3 is 0 Å². The molecule has 1 atom stereocenters. The number of nitrogens with zero attached hydrogens (tertiary/aromatic N) is 2. The number of aryl methyl sites for hydroxylation is 2. The van der Waals surface area contributed by atoms with Gasteiger partial charge in [0.25, 0.3) is 0 Å². The van der Waals surface area contributed by atoms with Crippen molar-refractivity contribution in [3.05, 3.63) is 65.0 Å². The summed E-state index contributed by atoms with van der Waals surface area (Å²) in [6.07, 6.45) is 3.19. The van der Waals surface area contributed by atoms with E-state index in [-0.39, 0.29) is 5.78 Å². The summed E-state index contributed by atoms with van der Waals surface area (Å²) >= 11 is 0. The van der Waals surface area contributed by atoms with Crippen LogP contribution in [0.15, 0.2) is 42.7 Å². The average Bonchev–Trinajstić information content (AvgIpc) is 2.40. The molecule has 1 unspecified atom stereocenters. The van der Waals surface area contributed by atoms with Crippen LogP contribution in [0.1, 0.15) is 33.0 Å². The van der Waals surface area contributed by atoms with Crippen molar-refractivity contribution in [3.8, 4) is 6.07 Å². The molecule has 1 aromatic heterocycles. The smallest absolute Gasteiger partial charge is 0.184 e. The van der Waals surface area contributed by atoms with Gasteiger partial charge in [0.05, 0.1) is 6.07 Å². The molecule has 0 aliphatic carbocycles. The van der Waals surface area contributed by atoms with Crippen molar-refractivity contribution in [1.29, 1.82) is 5.26 Å². The Hall–Kier alpha value is -2.47. The second kappa shape index (κ2) is 5.45. The van der Waals surface area contributed by atoms with Crippen LogP contribution in [0, 0.1) is 25.2 Å². The minimum Gasteiger partial charge on any atom is -0.292 e. The Morgan fingerprint density at radius 2 is 1.74 bits per heavy atom.